The van der Waals surface area contributed by atoms with Crippen LogP contribution >= 0.6 is 0 Å². The second-order valence-corrected chi connectivity index (χ2v) is 0.883. The van der Waals surface area contributed by atoms with Crippen molar-refractivity contribution in [1.82, 2.24) is 0 Å². The first-order valence-electron chi connectivity index (χ1n) is 1.57. The molecule has 0 rings (SSSR count). The average Bonchev–Trinajstić information content (AvgIpc) is 1.35. The summed E-state index contributed by atoms with van der Waals surface area (Å²) in [6.07, 6.45) is 2.33. The first-order valence-corrected chi connectivity index (χ1v) is 1.57. The number of nitrogens with one attached hydrogen (secondary N) is 1. The molecule has 34 valence electrons. The van der Waals surface area contributed by atoms with Crippen LogP contribution in [-0.2, 0) is 0 Å². The minimum atomic E-state index is 1.01. The maximum absolute atomic E-state index is 6.61. The molecule has 0 amide bonds. The van der Waals surface area contributed by atoms with Gasteiger partial charge in [-0.25, -0.2) is 0 Å². The van der Waals surface area contributed by atoms with E-state index in [1.165, 1.54) is 0 Å². The van der Waals surface area contributed by atoms with Crippen molar-refractivity contribution in [2.45, 2.75) is 0 Å². The van der Waals surface area contributed by atoms with E-state index >= 15 is 0 Å². The second kappa shape index (κ2) is 2.50. The van der Waals surface area contributed by atoms with E-state index in [1.54, 1.807) is 14.1 Å². The van der Waals surface area contributed by atoms with Crippen LogP contribution in [0.4, 0.5) is 0 Å². The van der Waals surface area contributed by atoms with Crippen LogP contribution in [0.15, 0.2) is 4.99 Å². The van der Waals surface area contributed by atoms with E-state index in [1.807, 2.05) is 0 Å². The topological polar surface area (TPSA) is 39.2 Å². The number of hydrogen-bond acceptors (Lipinski definition) is 2. The zero-order valence-corrected chi connectivity index (χ0v) is 3.89. The lowest BCUT2D eigenvalue weighted by Crippen LogP contribution is -1.93. The van der Waals surface area contributed by atoms with E-state index < -0.39 is 0 Å². The molecule has 0 saturated carbocycles. The Hall–Kier alpha value is -0.730. The van der Waals surface area contributed by atoms with Crippen molar-refractivity contribution in [3.63, 3.8) is 0 Å². The summed E-state index contributed by atoms with van der Waals surface area (Å²) in [5.74, 6) is 0. The van der Waals surface area contributed by atoms with Crippen molar-refractivity contribution in [2.24, 2.45) is 4.99 Å². The largest absolute Gasteiger partial charge is 0.319 e. The first kappa shape index (κ1) is 5.27. The van der Waals surface area contributed by atoms with Gasteiger partial charge in [-0.2, -0.15) is 5.53 Å². The van der Waals surface area contributed by atoms with Crippen LogP contribution in [0.2, 0.25) is 0 Å². The van der Waals surface area contributed by atoms with Crippen molar-refractivity contribution in [1.29, 1.82) is 5.53 Å². The van der Waals surface area contributed by atoms with Crippen molar-refractivity contribution in [3.05, 3.63) is 0 Å². The van der Waals surface area contributed by atoms with Gasteiger partial charge in [-0.1, -0.05) is 0 Å². The van der Waals surface area contributed by atoms with E-state index in [0.29, 0.717) is 0 Å². The molecule has 0 atom stereocenters. The van der Waals surface area contributed by atoms with Gasteiger partial charge in [-0.3, -0.25) is 4.99 Å². The third kappa shape index (κ3) is 3.27. The first-order chi connectivity index (χ1) is 2.77. The Morgan fingerprint density at radius 2 is 2.33 bits per heavy atom. The third-order valence-corrected chi connectivity index (χ3v) is 0.250. The van der Waals surface area contributed by atoms with Gasteiger partial charge in [-0.05, 0) is 6.34 Å². The van der Waals surface area contributed by atoms with Gasteiger partial charge in [0.2, 0.25) is 0 Å². The van der Waals surface area contributed by atoms with Crippen LogP contribution in [0.1, 0.15) is 0 Å². The van der Waals surface area contributed by atoms with Gasteiger partial charge in [0.05, 0.1) is 14.1 Å². The van der Waals surface area contributed by atoms with Crippen LogP contribution in [0.5, 0.6) is 0 Å². The Kier molecular flexibility index (Phi) is 2.20. The summed E-state index contributed by atoms with van der Waals surface area (Å²) in [7, 11) is 3.12. The van der Waals surface area contributed by atoms with Crippen molar-refractivity contribution < 1.29 is 4.70 Å². The Bertz CT molecular complexity index is 74.1. The molecule has 6 heavy (non-hydrogen) atoms. The average molecular weight is 85.1 g/mol. The lowest BCUT2D eigenvalue weighted by Gasteiger charge is -1.86. The summed E-state index contributed by atoms with van der Waals surface area (Å²) in [6.45, 7) is 0. The summed E-state index contributed by atoms with van der Waals surface area (Å²) < 4.78 is 1.01. The minimum absolute atomic E-state index is 1.01. The molecule has 0 aliphatic heterocycles. The van der Waals surface area contributed by atoms with Crippen LogP contribution in [0.25, 0.3) is 0 Å². The molecule has 3 nitrogen and oxygen atoms in total. The van der Waals surface area contributed by atoms with Gasteiger partial charge in [0.25, 0.3) is 0 Å². The molecular formula is C3H7N3. The molecule has 0 aliphatic carbocycles. The van der Waals surface area contributed by atoms with Crippen LogP contribution in [-0.4, -0.2) is 25.1 Å². The summed E-state index contributed by atoms with van der Waals surface area (Å²) in [5.41, 5.74) is 6.61. The smallest absolute Gasteiger partial charge is 0.0779 e. The number of nitrogens with zero attached hydrogens (tertiary/aromatic N) is 2. The third-order valence-electron chi connectivity index (χ3n) is 0.250. The molecule has 0 aromatic rings. The summed E-state index contributed by atoms with van der Waals surface area (Å²) in [5, 5.41) is 0. The molecular weight excluding hydrogens is 78.1 g/mol. The van der Waals surface area contributed by atoms with Gasteiger partial charge in [0, 0.05) is 0 Å². The molecule has 0 aliphatic rings. The van der Waals surface area contributed by atoms with E-state index in [-0.39, 0.29) is 0 Å². The van der Waals surface area contributed by atoms with Crippen molar-refractivity contribution in [3.8, 4) is 0 Å². The zero-order valence-electron chi connectivity index (χ0n) is 3.89. The molecule has 1 N–H and O–H groups in total. The molecule has 0 aromatic carbocycles. The van der Waals surface area contributed by atoms with E-state index in [2.05, 4.69) is 11.3 Å². The fourth-order valence-corrected chi connectivity index (χ4v) is 0.150. The van der Waals surface area contributed by atoms with E-state index in [9.17, 15) is 0 Å². The Labute approximate surface area is 36.8 Å². The molecule has 0 unspecified atom stereocenters. The maximum atomic E-state index is 6.61. The van der Waals surface area contributed by atoms with Crippen molar-refractivity contribution in [2.75, 3.05) is 14.1 Å². The van der Waals surface area contributed by atoms with Crippen LogP contribution < -0.4 is 0 Å². The molecule has 0 spiro atoms. The van der Waals surface area contributed by atoms with Gasteiger partial charge >= 0.3 is 0 Å². The summed E-state index contributed by atoms with van der Waals surface area (Å²) in [6, 6.07) is 0. The molecule has 0 radical (unpaired) electrons. The predicted octanol–water partition coefficient (Wildman–Crippen LogP) is 0.195. The Morgan fingerprint density at radius 1 is 1.83 bits per heavy atom. The second-order valence-electron chi connectivity index (χ2n) is 0.883. The highest BCUT2D eigenvalue weighted by atomic mass is 15.2. The summed E-state index contributed by atoms with van der Waals surface area (Å²) >= 11 is 0. The molecule has 0 aromatic heterocycles. The molecule has 0 saturated heterocycles. The maximum Gasteiger partial charge on any atom is 0.0779 e. The van der Waals surface area contributed by atoms with Crippen LogP contribution in [0.3, 0.4) is 0 Å². The fourth-order valence-electron chi connectivity index (χ4n) is 0.150. The monoisotopic (exact) mass is 85.1 g/mol. The molecule has 0 bridgehead atoms. The molecule has 3 heteroatoms. The fraction of sp³-hybridized carbons (Fsp3) is 0.667. The standard InChI is InChI=1S/C3H7N3/c1-5-3-6(2)4/h4H,1-2H3. The highest BCUT2D eigenvalue weighted by Gasteiger charge is 1.54. The van der Waals surface area contributed by atoms with Gasteiger partial charge in [-0.15, -0.1) is 0 Å². The van der Waals surface area contributed by atoms with E-state index in [0.717, 1.165) is 4.70 Å². The SMILES string of the molecule is CN=[C-][N+](C)=N. The highest BCUT2D eigenvalue weighted by Crippen LogP contribution is 1.51. The Balaban J connectivity index is 3.30. The predicted molar refractivity (Wildman–Crippen MR) is 22.3 cm³/mol. The Morgan fingerprint density at radius 3 is 2.33 bits per heavy atom. The lowest BCUT2D eigenvalue weighted by molar-refractivity contribution is -0.464. The quantitative estimate of drug-likeness (QED) is 0.118. The van der Waals surface area contributed by atoms with Crippen LogP contribution in [0, 0.1) is 5.53 Å². The highest BCUT2D eigenvalue weighted by molar-refractivity contribution is 5.41. The lowest BCUT2D eigenvalue weighted by atomic mass is 11.1. The van der Waals surface area contributed by atoms with Crippen molar-refractivity contribution >= 4 is 6.34 Å². The summed E-state index contributed by atoms with van der Waals surface area (Å²) in [4.78, 5) is 3.42. The van der Waals surface area contributed by atoms with Gasteiger partial charge in [0.15, 0.2) is 0 Å². The normalized spacial score (nSPS) is 9.67. The number of rotatable bonds is 1. The van der Waals surface area contributed by atoms with Gasteiger partial charge in [0.1, 0.15) is 0 Å². The number of hydrogen-bond donors (Lipinski definition) is 1. The number of aliphatic imine (C=N–C) groups is 1. The van der Waals surface area contributed by atoms with E-state index in [4.69, 9.17) is 5.53 Å². The zero-order chi connectivity index (χ0) is 4.99. The molecule has 0 heterocycles. The molecule has 0 fully saturated rings. The minimum Gasteiger partial charge on any atom is -0.319 e. The van der Waals surface area contributed by atoms with Gasteiger partial charge < -0.3 is 4.70 Å².